The summed E-state index contributed by atoms with van der Waals surface area (Å²) in [7, 11) is 1.75. The molecule has 5 heteroatoms. The average molecular weight is 257 g/mol. The first-order valence-electron chi connectivity index (χ1n) is 5.49. The van der Waals surface area contributed by atoms with E-state index in [4.69, 9.17) is 15.4 Å². The zero-order chi connectivity index (χ0) is 11.7. The molecule has 0 spiro atoms. The van der Waals surface area contributed by atoms with Gasteiger partial charge in [-0.2, -0.15) is 0 Å². The maximum Gasteiger partial charge on any atom is 0.232 e. The van der Waals surface area contributed by atoms with Crippen molar-refractivity contribution < 1.29 is 13.2 Å². The molecule has 15 heavy (non-hydrogen) atoms. The lowest BCUT2D eigenvalue weighted by Gasteiger charge is -2.12. The van der Waals surface area contributed by atoms with Crippen molar-refractivity contribution in [3.63, 3.8) is 0 Å². The molecule has 0 fully saturated rings. The molecule has 92 valence electrons. The molecule has 0 aliphatic heterocycles. The summed E-state index contributed by atoms with van der Waals surface area (Å²) in [5.41, 5.74) is 0. The van der Waals surface area contributed by atoms with Gasteiger partial charge in [0.05, 0.1) is 5.75 Å². The molecule has 0 aromatic rings. The molecule has 0 heterocycles. The summed E-state index contributed by atoms with van der Waals surface area (Å²) in [6, 6.07) is 0. The standard InChI is InChI=1S/C10H21ClO3S/c1-3-10(4-2)9-14-7-5-6-8-15(11,12)13/h10H,3-9H2,1-2H3. The predicted octanol–water partition coefficient (Wildman–Crippen LogP) is 2.79. The summed E-state index contributed by atoms with van der Waals surface area (Å²) in [5, 5.41) is 0. The van der Waals surface area contributed by atoms with Crippen molar-refractivity contribution in [2.45, 2.75) is 39.5 Å². The van der Waals surface area contributed by atoms with Gasteiger partial charge in [-0.1, -0.05) is 26.7 Å². The zero-order valence-electron chi connectivity index (χ0n) is 9.54. The fourth-order valence-corrected chi connectivity index (χ4v) is 2.13. The Bertz CT molecular complexity index is 235. The Balaban J connectivity index is 3.32. The molecule has 0 saturated heterocycles. The van der Waals surface area contributed by atoms with E-state index in [1.807, 2.05) is 0 Å². The van der Waals surface area contributed by atoms with Crippen molar-refractivity contribution in [3.05, 3.63) is 0 Å². The number of halogens is 1. The molecular formula is C10H21ClO3S. The molecule has 0 bridgehead atoms. The van der Waals surface area contributed by atoms with Crippen LogP contribution >= 0.6 is 10.7 Å². The van der Waals surface area contributed by atoms with Crippen molar-refractivity contribution in [1.29, 1.82) is 0 Å². The van der Waals surface area contributed by atoms with Gasteiger partial charge >= 0.3 is 0 Å². The molecule has 0 N–H and O–H groups in total. The predicted molar refractivity (Wildman–Crippen MR) is 63.8 cm³/mol. The smallest absolute Gasteiger partial charge is 0.232 e. The number of rotatable bonds is 9. The van der Waals surface area contributed by atoms with Crippen LogP contribution in [0.3, 0.4) is 0 Å². The largest absolute Gasteiger partial charge is 0.381 e. The van der Waals surface area contributed by atoms with Gasteiger partial charge in [0.15, 0.2) is 0 Å². The molecule has 3 nitrogen and oxygen atoms in total. The van der Waals surface area contributed by atoms with E-state index in [1.165, 1.54) is 0 Å². The minimum atomic E-state index is -3.32. The van der Waals surface area contributed by atoms with Crippen LogP contribution in [0.25, 0.3) is 0 Å². The second kappa shape index (κ2) is 8.36. The highest BCUT2D eigenvalue weighted by molar-refractivity contribution is 8.13. The third kappa shape index (κ3) is 10.5. The Hall–Kier alpha value is 0.200. The van der Waals surface area contributed by atoms with Gasteiger partial charge in [-0.3, -0.25) is 0 Å². The van der Waals surface area contributed by atoms with E-state index in [9.17, 15) is 8.42 Å². The average Bonchev–Trinajstić information content (AvgIpc) is 2.15. The van der Waals surface area contributed by atoms with Crippen LogP contribution in [0, 0.1) is 5.92 Å². The van der Waals surface area contributed by atoms with E-state index < -0.39 is 9.05 Å². The maximum atomic E-state index is 10.6. The molecule has 0 aromatic carbocycles. The Morgan fingerprint density at radius 1 is 1.20 bits per heavy atom. The molecule has 0 radical (unpaired) electrons. The van der Waals surface area contributed by atoms with Gasteiger partial charge in [-0.05, 0) is 18.8 Å². The molecule has 0 aliphatic rings. The van der Waals surface area contributed by atoms with Crippen molar-refractivity contribution in [2.24, 2.45) is 5.92 Å². The highest BCUT2D eigenvalue weighted by Gasteiger charge is 2.05. The number of ether oxygens (including phenoxy) is 1. The molecule has 0 unspecified atom stereocenters. The number of hydrogen-bond donors (Lipinski definition) is 0. The van der Waals surface area contributed by atoms with Gasteiger partial charge in [0.1, 0.15) is 0 Å². The lowest BCUT2D eigenvalue weighted by atomic mass is 10.1. The second-order valence-electron chi connectivity index (χ2n) is 3.71. The van der Waals surface area contributed by atoms with E-state index in [-0.39, 0.29) is 5.75 Å². The maximum absolute atomic E-state index is 10.6. The van der Waals surface area contributed by atoms with Crippen LogP contribution in [0.5, 0.6) is 0 Å². The molecule has 0 amide bonds. The number of hydrogen-bond acceptors (Lipinski definition) is 3. The van der Waals surface area contributed by atoms with Crippen LogP contribution in [0.4, 0.5) is 0 Å². The van der Waals surface area contributed by atoms with Crippen molar-refractivity contribution >= 4 is 19.7 Å². The van der Waals surface area contributed by atoms with Crippen LogP contribution in [-0.2, 0) is 13.8 Å². The lowest BCUT2D eigenvalue weighted by Crippen LogP contribution is -2.09. The van der Waals surface area contributed by atoms with E-state index in [0.29, 0.717) is 18.9 Å². The third-order valence-corrected chi connectivity index (χ3v) is 3.67. The second-order valence-corrected chi connectivity index (χ2v) is 6.60. The first-order chi connectivity index (χ1) is 6.99. The minimum absolute atomic E-state index is 0.0445. The van der Waals surface area contributed by atoms with Crippen LogP contribution < -0.4 is 0 Å². The first kappa shape index (κ1) is 15.2. The third-order valence-electron chi connectivity index (χ3n) is 2.44. The molecule has 0 aromatic heterocycles. The van der Waals surface area contributed by atoms with Crippen LogP contribution in [-0.4, -0.2) is 27.4 Å². The summed E-state index contributed by atoms with van der Waals surface area (Å²) in [4.78, 5) is 0. The first-order valence-corrected chi connectivity index (χ1v) is 7.97. The van der Waals surface area contributed by atoms with Crippen LogP contribution in [0.2, 0.25) is 0 Å². The van der Waals surface area contributed by atoms with Crippen molar-refractivity contribution in [1.82, 2.24) is 0 Å². The highest BCUT2D eigenvalue weighted by Crippen LogP contribution is 2.08. The zero-order valence-corrected chi connectivity index (χ0v) is 11.1. The Kier molecular flexibility index (Phi) is 8.47. The minimum Gasteiger partial charge on any atom is -0.381 e. The molecule has 0 saturated carbocycles. The van der Waals surface area contributed by atoms with E-state index in [1.54, 1.807) is 0 Å². The van der Waals surface area contributed by atoms with Crippen LogP contribution in [0.1, 0.15) is 39.5 Å². The number of unbranched alkanes of at least 4 members (excludes halogenated alkanes) is 1. The molecule has 0 atom stereocenters. The van der Waals surface area contributed by atoms with E-state index in [0.717, 1.165) is 25.9 Å². The molecule has 0 rings (SSSR count). The van der Waals surface area contributed by atoms with E-state index in [2.05, 4.69) is 13.8 Å². The Morgan fingerprint density at radius 2 is 1.80 bits per heavy atom. The Labute approximate surface area is 97.6 Å². The monoisotopic (exact) mass is 256 g/mol. The van der Waals surface area contributed by atoms with Gasteiger partial charge < -0.3 is 4.74 Å². The normalized spacial score (nSPS) is 12.3. The highest BCUT2D eigenvalue weighted by atomic mass is 35.7. The van der Waals surface area contributed by atoms with Gasteiger partial charge in [-0.15, -0.1) is 0 Å². The lowest BCUT2D eigenvalue weighted by molar-refractivity contribution is 0.0944. The van der Waals surface area contributed by atoms with Crippen molar-refractivity contribution in [3.8, 4) is 0 Å². The summed E-state index contributed by atoms with van der Waals surface area (Å²) in [6.07, 6.45) is 3.60. The fourth-order valence-electron chi connectivity index (χ4n) is 1.25. The quantitative estimate of drug-likeness (QED) is 0.471. The summed E-state index contributed by atoms with van der Waals surface area (Å²) in [5.74, 6) is 0.671. The fraction of sp³-hybridized carbons (Fsp3) is 1.00. The SMILES string of the molecule is CCC(CC)COCCCCS(=O)(=O)Cl. The van der Waals surface area contributed by atoms with E-state index >= 15 is 0 Å². The van der Waals surface area contributed by atoms with Crippen LogP contribution in [0.15, 0.2) is 0 Å². The molecular weight excluding hydrogens is 236 g/mol. The topological polar surface area (TPSA) is 43.4 Å². The Morgan fingerprint density at radius 3 is 2.27 bits per heavy atom. The summed E-state index contributed by atoms with van der Waals surface area (Å²) in [6.45, 7) is 5.71. The van der Waals surface area contributed by atoms with Gasteiger partial charge in [0.25, 0.3) is 0 Å². The molecule has 0 aliphatic carbocycles. The van der Waals surface area contributed by atoms with Gasteiger partial charge in [0, 0.05) is 23.9 Å². The van der Waals surface area contributed by atoms with Crippen molar-refractivity contribution in [2.75, 3.05) is 19.0 Å². The van der Waals surface area contributed by atoms with Gasteiger partial charge in [0.2, 0.25) is 9.05 Å². The van der Waals surface area contributed by atoms with Gasteiger partial charge in [-0.25, -0.2) is 8.42 Å². The summed E-state index contributed by atoms with van der Waals surface area (Å²) < 4.78 is 26.6. The summed E-state index contributed by atoms with van der Waals surface area (Å²) >= 11 is 0.